The number of carboxylic acid groups (broad SMARTS) is 1. The Balaban J connectivity index is 2.02. The Morgan fingerprint density at radius 3 is 2.71 bits per heavy atom. The molecule has 1 unspecified atom stereocenters. The molecule has 0 radical (unpaired) electrons. The van der Waals surface area contributed by atoms with Crippen LogP contribution in [0.15, 0.2) is 0 Å². The van der Waals surface area contributed by atoms with E-state index in [0.717, 1.165) is 18.9 Å². The highest BCUT2D eigenvalue weighted by Crippen LogP contribution is 2.27. The van der Waals surface area contributed by atoms with E-state index in [1.165, 1.54) is 25.7 Å². The fourth-order valence-corrected chi connectivity index (χ4v) is 2.19. The van der Waals surface area contributed by atoms with Crippen LogP contribution in [0, 0.1) is 5.92 Å². The van der Waals surface area contributed by atoms with Crippen molar-refractivity contribution in [2.45, 2.75) is 51.5 Å². The number of hydrogen-bond donors (Lipinski definition) is 2. The van der Waals surface area contributed by atoms with Gasteiger partial charge in [-0.2, -0.15) is 0 Å². The van der Waals surface area contributed by atoms with Gasteiger partial charge >= 0.3 is 5.97 Å². The van der Waals surface area contributed by atoms with Crippen molar-refractivity contribution >= 4 is 5.97 Å². The predicted octanol–water partition coefficient (Wildman–Crippen LogP) is 2.02. The van der Waals surface area contributed by atoms with Crippen molar-refractivity contribution in [2.24, 2.45) is 5.92 Å². The maximum absolute atomic E-state index is 10.3. The van der Waals surface area contributed by atoms with Gasteiger partial charge in [0.15, 0.2) is 0 Å². The summed E-state index contributed by atoms with van der Waals surface area (Å²) in [6, 6.07) is 0.561. The maximum Gasteiger partial charge on any atom is 0.303 e. The largest absolute Gasteiger partial charge is 0.481 e. The van der Waals surface area contributed by atoms with E-state index in [9.17, 15) is 4.79 Å². The zero-order chi connectivity index (χ0) is 10.4. The van der Waals surface area contributed by atoms with Crippen LogP contribution in [0.2, 0.25) is 0 Å². The Labute approximate surface area is 85.9 Å². The maximum atomic E-state index is 10.3. The van der Waals surface area contributed by atoms with Crippen LogP contribution < -0.4 is 5.32 Å². The van der Waals surface area contributed by atoms with E-state index in [1.54, 1.807) is 0 Å². The van der Waals surface area contributed by atoms with E-state index in [1.807, 2.05) is 0 Å². The van der Waals surface area contributed by atoms with E-state index in [-0.39, 0.29) is 6.42 Å². The summed E-state index contributed by atoms with van der Waals surface area (Å²) in [6.07, 6.45) is 6.44. The first-order chi connectivity index (χ1) is 6.70. The third-order valence-corrected chi connectivity index (χ3v) is 3.14. The second-order valence-corrected chi connectivity index (χ2v) is 4.28. The molecule has 0 bridgehead atoms. The van der Waals surface area contributed by atoms with Crippen LogP contribution >= 0.6 is 0 Å². The van der Waals surface area contributed by atoms with E-state index in [2.05, 4.69) is 12.2 Å². The van der Waals surface area contributed by atoms with Gasteiger partial charge in [-0.3, -0.25) is 4.79 Å². The second-order valence-electron chi connectivity index (χ2n) is 4.28. The lowest BCUT2D eigenvalue weighted by molar-refractivity contribution is -0.137. The minimum atomic E-state index is -0.694. The highest BCUT2D eigenvalue weighted by Gasteiger charge is 2.20. The van der Waals surface area contributed by atoms with Gasteiger partial charge in [-0.1, -0.05) is 12.8 Å². The van der Waals surface area contributed by atoms with Crippen molar-refractivity contribution in [3.63, 3.8) is 0 Å². The van der Waals surface area contributed by atoms with Crippen molar-refractivity contribution < 1.29 is 9.90 Å². The van der Waals surface area contributed by atoms with Gasteiger partial charge in [0.1, 0.15) is 0 Å². The first kappa shape index (κ1) is 11.5. The third-order valence-electron chi connectivity index (χ3n) is 3.14. The average molecular weight is 199 g/mol. The van der Waals surface area contributed by atoms with Crippen molar-refractivity contribution in [1.82, 2.24) is 5.32 Å². The first-order valence-electron chi connectivity index (χ1n) is 5.65. The predicted molar refractivity (Wildman–Crippen MR) is 56.3 cm³/mol. The van der Waals surface area contributed by atoms with Crippen LogP contribution in [0.25, 0.3) is 0 Å². The van der Waals surface area contributed by atoms with Gasteiger partial charge in [0, 0.05) is 12.5 Å². The van der Waals surface area contributed by atoms with E-state index >= 15 is 0 Å². The molecule has 82 valence electrons. The number of rotatable bonds is 6. The van der Waals surface area contributed by atoms with Crippen LogP contribution in [-0.4, -0.2) is 23.7 Å². The van der Waals surface area contributed by atoms with Crippen molar-refractivity contribution in [3.8, 4) is 0 Å². The molecule has 0 aliphatic heterocycles. The van der Waals surface area contributed by atoms with Gasteiger partial charge in [0.25, 0.3) is 0 Å². The van der Waals surface area contributed by atoms with Gasteiger partial charge in [-0.25, -0.2) is 0 Å². The molecule has 0 spiro atoms. The molecule has 0 saturated heterocycles. The van der Waals surface area contributed by atoms with Crippen molar-refractivity contribution in [2.75, 3.05) is 6.54 Å². The molecule has 3 heteroatoms. The lowest BCUT2D eigenvalue weighted by atomic mass is 10.00. The van der Waals surface area contributed by atoms with E-state index < -0.39 is 5.97 Å². The Bertz CT molecular complexity index is 176. The fourth-order valence-electron chi connectivity index (χ4n) is 2.19. The smallest absolute Gasteiger partial charge is 0.303 e. The van der Waals surface area contributed by atoms with Crippen LogP contribution in [0.4, 0.5) is 0 Å². The molecule has 1 rings (SSSR count). The standard InChI is InChI=1S/C11H21NO2/c1-9(10-5-2-3-6-10)12-8-4-7-11(13)14/h9-10,12H,2-8H2,1H3,(H,13,14). The van der Waals surface area contributed by atoms with E-state index in [0.29, 0.717) is 6.04 Å². The zero-order valence-electron chi connectivity index (χ0n) is 8.96. The van der Waals surface area contributed by atoms with Crippen LogP contribution in [0.1, 0.15) is 45.4 Å². The normalized spacial score (nSPS) is 19.8. The van der Waals surface area contributed by atoms with Crippen molar-refractivity contribution in [1.29, 1.82) is 0 Å². The van der Waals surface area contributed by atoms with E-state index in [4.69, 9.17) is 5.11 Å². The van der Waals surface area contributed by atoms with Gasteiger partial charge in [-0.15, -0.1) is 0 Å². The minimum absolute atomic E-state index is 0.282. The molecule has 0 aromatic heterocycles. The Morgan fingerprint density at radius 1 is 1.50 bits per heavy atom. The lowest BCUT2D eigenvalue weighted by Crippen LogP contribution is -2.33. The van der Waals surface area contributed by atoms with Crippen LogP contribution in [-0.2, 0) is 4.79 Å². The highest BCUT2D eigenvalue weighted by atomic mass is 16.4. The van der Waals surface area contributed by atoms with Crippen LogP contribution in [0.3, 0.4) is 0 Å². The summed E-state index contributed by atoms with van der Waals surface area (Å²) in [5, 5.41) is 11.9. The number of nitrogens with one attached hydrogen (secondary N) is 1. The SMILES string of the molecule is CC(NCCCC(=O)O)C1CCCC1. The molecule has 1 fully saturated rings. The van der Waals surface area contributed by atoms with Gasteiger partial charge in [0.2, 0.25) is 0 Å². The number of carbonyl (C=O) groups is 1. The monoisotopic (exact) mass is 199 g/mol. The molecule has 1 aliphatic rings. The molecular weight excluding hydrogens is 178 g/mol. The molecule has 1 aliphatic carbocycles. The van der Waals surface area contributed by atoms with Crippen molar-refractivity contribution in [3.05, 3.63) is 0 Å². The molecule has 1 atom stereocenters. The average Bonchev–Trinajstić information content (AvgIpc) is 2.64. The molecule has 0 heterocycles. The summed E-state index contributed by atoms with van der Waals surface area (Å²) in [4.78, 5) is 10.3. The molecule has 0 aromatic carbocycles. The van der Waals surface area contributed by atoms with Gasteiger partial charge < -0.3 is 10.4 Å². The molecule has 0 aromatic rings. The molecule has 1 saturated carbocycles. The number of aliphatic carboxylic acids is 1. The summed E-state index contributed by atoms with van der Waals surface area (Å²) >= 11 is 0. The lowest BCUT2D eigenvalue weighted by Gasteiger charge is -2.20. The molecule has 2 N–H and O–H groups in total. The fraction of sp³-hybridized carbons (Fsp3) is 0.909. The Morgan fingerprint density at radius 2 is 2.14 bits per heavy atom. The Hall–Kier alpha value is -0.570. The molecule has 14 heavy (non-hydrogen) atoms. The summed E-state index contributed by atoms with van der Waals surface area (Å²) in [6.45, 7) is 3.06. The third kappa shape index (κ3) is 4.09. The van der Waals surface area contributed by atoms with Gasteiger partial charge in [-0.05, 0) is 38.6 Å². The zero-order valence-corrected chi connectivity index (χ0v) is 8.96. The first-order valence-corrected chi connectivity index (χ1v) is 5.65. The summed E-state index contributed by atoms with van der Waals surface area (Å²) in [5.74, 6) is 0.125. The Kier molecular flexibility index (Phi) is 4.94. The highest BCUT2D eigenvalue weighted by molar-refractivity contribution is 5.66. The van der Waals surface area contributed by atoms with Gasteiger partial charge in [0.05, 0.1) is 0 Å². The topological polar surface area (TPSA) is 49.3 Å². The quantitative estimate of drug-likeness (QED) is 0.643. The summed E-state index contributed by atoms with van der Waals surface area (Å²) in [7, 11) is 0. The summed E-state index contributed by atoms with van der Waals surface area (Å²) in [5.41, 5.74) is 0. The summed E-state index contributed by atoms with van der Waals surface area (Å²) < 4.78 is 0. The number of hydrogen-bond acceptors (Lipinski definition) is 2. The number of carboxylic acids is 1. The molecule has 0 amide bonds. The van der Waals surface area contributed by atoms with Crippen LogP contribution in [0.5, 0.6) is 0 Å². The minimum Gasteiger partial charge on any atom is -0.481 e. The second kappa shape index (κ2) is 6.02. The molecular formula is C11H21NO2. The molecule has 3 nitrogen and oxygen atoms in total.